The minimum absolute atomic E-state index is 0.142. The van der Waals surface area contributed by atoms with Gasteiger partial charge in [0.15, 0.2) is 0 Å². The summed E-state index contributed by atoms with van der Waals surface area (Å²) in [6, 6.07) is 0. The van der Waals surface area contributed by atoms with Crippen LogP contribution in [0.5, 0.6) is 0 Å². The van der Waals surface area contributed by atoms with Crippen molar-refractivity contribution in [3.63, 3.8) is 0 Å². The number of Topliss-reactive ketones (excluding diaryl/α,β-unsaturated/α-hetero) is 1. The topological polar surface area (TPSA) is 52.3 Å². The predicted octanol–water partition coefficient (Wildman–Crippen LogP) is 1.36. The Balaban J connectivity index is 2.24. The van der Waals surface area contributed by atoms with E-state index in [1.165, 1.54) is 0 Å². The SMILES string of the molecule is CC(CCN)C(=O)CC1CCOCC1. The highest BCUT2D eigenvalue weighted by atomic mass is 16.5. The van der Waals surface area contributed by atoms with Crippen LogP contribution < -0.4 is 5.73 Å². The molecule has 0 aromatic carbocycles. The second-order valence-electron chi connectivity index (χ2n) is 4.20. The molecule has 0 spiro atoms. The van der Waals surface area contributed by atoms with Gasteiger partial charge in [-0.2, -0.15) is 0 Å². The van der Waals surface area contributed by atoms with Crippen LogP contribution in [0.15, 0.2) is 0 Å². The molecule has 1 fully saturated rings. The first kappa shape index (κ1) is 11.7. The number of carbonyl (C=O) groups excluding carboxylic acids is 1. The molecule has 3 heteroatoms. The summed E-state index contributed by atoms with van der Waals surface area (Å²) in [5.74, 6) is 1.07. The molecule has 3 nitrogen and oxygen atoms in total. The zero-order chi connectivity index (χ0) is 10.4. The maximum atomic E-state index is 11.7. The minimum atomic E-state index is 0.142. The van der Waals surface area contributed by atoms with Crippen molar-refractivity contribution in [3.05, 3.63) is 0 Å². The summed E-state index contributed by atoms with van der Waals surface area (Å²) in [6.45, 7) is 4.24. The molecule has 2 N–H and O–H groups in total. The second-order valence-corrected chi connectivity index (χ2v) is 4.20. The van der Waals surface area contributed by atoms with Gasteiger partial charge in [-0.25, -0.2) is 0 Å². The number of ether oxygens (including phenoxy) is 1. The first-order chi connectivity index (χ1) is 6.74. The third-order valence-corrected chi connectivity index (χ3v) is 2.98. The second kappa shape index (κ2) is 6.14. The summed E-state index contributed by atoms with van der Waals surface area (Å²) in [6.07, 6.45) is 3.63. The van der Waals surface area contributed by atoms with Crippen LogP contribution in [0.25, 0.3) is 0 Å². The van der Waals surface area contributed by atoms with Crippen molar-refractivity contribution in [2.75, 3.05) is 19.8 Å². The third-order valence-electron chi connectivity index (χ3n) is 2.98. The summed E-state index contributed by atoms with van der Waals surface area (Å²) in [5.41, 5.74) is 5.43. The highest BCUT2D eigenvalue weighted by Gasteiger charge is 2.20. The Morgan fingerprint density at radius 3 is 2.71 bits per heavy atom. The summed E-state index contributed by atoms with van der Waals surface area (Å²) in [7, 11) is 0. The van der Waals surface area contributed by atoms with Crippen LogP contribution in [0.2, 0.25) is 0 Å². The first-order valence-electron chi connectivity index (χ1n) is 5.54. The Bertz CT molecular complexity index is 176. The van der Waals surface area contributed by atoms with Gasteiger partial charge in [-0.1, -0.05) is 6.92 Å². The van der Waals surface area contributed by atoms with Gasteiger partial charge in [-0.15, -0.1) is 0 Å². The molecule has 82 valence electrons. The number of hydrogen-bond donors (Lipinski definition) is 1. The van der Waals surface area contributed by atoms with E-state index in [-0.39, 0.29) is 5.92 Å². The van der Waals surface area contributed by atoms with Crippen molar-refractivity contribution >= 4 is 5.78 Å². The third kappa shape index (κ3) is 3.76. The van der Waals surface area contributed by atoms with Crippen LogP contribution in [-0.4, -0.2) is 25.5 Å². The van der Waals surface area contributed by atoms with Crippen LogP contribution in [0.4, 0.5) is 0 Å². The maximum Gasteiger partial charge on any atom is 0.136 e. The van der Waals surface area contributed by atoms with Crippen molar-refractivity contribution in [2.24, 2.45) is 17.6 Å². The first-order valence-corrected chi connectivity index (χ1v) is 5.54. The van der Waals surface area contributed by atoms with Gasteiger partial charge in [0.1, 0.15) is 5.78 Å². The fraction of sp³-hybridized carbons (Fsp3) is 0.909. The maximum absolute atomic E-state index is 11.7. The van der Waals surface area contributed by atoms with Crippen molar-refractivity contribution < 1.29 is 9.53 Å². The number of ketones is 1. The Morgan fingerprint density at radius 1 is 1.50 bits per heavy atom. The van der Waals surface area contributed by atoms with Gasteiger partial charge in [0.2, 0.25) is 0 Å². The van der Waals surface area contributed by atoms with E-state index in [9.17, 15) is 4.79 Å². The zero-order valence-electron chi connectivity index (χ0n) is 9.00. The number of carbonyl (C=O) groups is 1. The largest absolute Gasteiger partial charge is 0.381 e. The normalized spacial score (nSPS) is 20.7. The molecule has 1 unspecified atom stereocenters. The molecule has 0 aromatic heterocycles. The molecular formula is C11H21NO2. The van der Waals surface area contributed by atoms with Crippen molar-refractivity contribution in [1.82, 2.24) is 0 Å². The van der Waals surface area contributed by atoms with Gasteiger partial charge in [0.25, 0.3) is 0 Å². The zero-order valence-corrected chi connectivity index (χ0v) is 9.00. The van der Waals surface area contributed by atoms with E-state index in [0.29, 0.717) is 18.2 Å². The van der Waals surface area contributed by atoms with Crippen molar-refractivity contribution in [2.45, 2.75) is 32.6 Å². The van der Waals surface area contributed by atoms with Gasteiger partial charge < -0.3 is 10.5 Å². The molecule has 0 aliphatic carbocycles. The number of hydrogen-bond acceptors (Lipinski definition) is 3. The molecule has 0 bridgehead atoms. The number of rotatable bonds is 5. The average molecular weight is 199 g/mol. The Hall–Kier alpha value is -0.410. The quantitative estimate of drug-likeness (QED) is 0.727. The molecule has 0 saturated carbocycles. The molecule has 1 atom stereocenters. The summed E-state index contributed by atoms with van der Waals surface area (Å²) < 4.78 is 5.26. The smallest absolute Gasteiger partial charge is 0.136 e. The van der Waals surface area contributed by atoms with Crippen LogP contribution in [-0.2, 0) is 9.53 Å². The van der Waals surface area contributed by atoms with Crippen molar-refractivity contribution in [3.8, 4) is 0 Å². The van der Waals surface area contributed by atoms with E-state index < -0.39 is 0 Å². The monoisotopic (exact) mass is 199 g/mol. The summed E-state index contributed by atoms with van der Waals surface area (Å²) >= 11 is 0. The van der Waals surface area contributed by atoms with E-state index in [1.54, 1.807) is 0 Å². The predicted molar refractivity (Wildman–Crippen MR) is 56.0 cm³/mol. The van der Waals surface area contributed by atoms with E-state index in [4.69, 9.17) is 10.5 Å². The fourth-order valence-electron chi connectivity index (χ4n) is 1.85. The molecule has 1 rings (SSSR count). The summed E-state index contributed by atoms with van der Waals surface area (Å²) in [4.78, 5) is 11.7. The molecule has 1 aliphatic rings. The highest BCUT2D eigenvalue weighted by Crippen LogP contribution is 2.21. The van der Waals surface area contributed by atoms with Crippen LogP contribution >= 0.6 is 0 Å². The Labute approximate surface area is 86.0 Å². The van der Waals surface area contributed by atoms with Gasteiger partial charge in [0, 0.05) is 25.6 Å². The van der Waals surface area contributed by atoms with Crippen LogP contribution in [0.1, 0.15) is 32.6 Å². The Kier molecular flexibility index (Phi) is 5.12. The molecule has 1 aliphatic heterocycles. The summed E-state index contributed by atoms with van der Waals surface area (Å²) in [5, 5.41) is 0. The highest BCUT2D eigenvalue weighted by molar-refractivity contribution is 5.80. The van der Waals surface area contributed by atoms with Gasteiger partial charge in [-0.3, -0.25) is 4.79 Å². The standard InChI is InChI=1S/C11H21NO2/c1-9(2-5-12)11(13)8-10-3-6-14-7-4-10/h9-10H,2-8,12H2,1H3. The molecule has 0 radical (unpaired) electrons. The van der Waals surface area contributed by atoms with Crippen molar-refractivity contribution in [1.29, 1.82) is 0 Å². The molecule has 1 heterocycles. The molecule has 1 saturated heterocycles. The lowest BCUT2D eigenvalue weighted by atomic mass is 9.89. The Morgan fingerprint density at radius 2 is 2.14 bits per heavy atom. The average Bonchev–Trinajstić information content (AvgIpc) is 2.19. The lowest BCUT2D eigenvalue weighted by molar-refractivity contribution is -0.124. The molecule has 0 amide bonds. The lowest BCUT2D eigenvalue weighted by Gasteiger charge is -2.22. The minimum Gasteiger partial charge on any atom is -0.381 e. The lowest BCUT2D eigenvalue weighted by Crippen LogP contribution is -2.22. The van der Waals surface area contributed by atoms with Gasteiger partial charge in [0.05, 0.1) is 0 Å². The van der Waals surface area contributed by atoms with E-state index in [1.807, 2.05) is 6.92 Å². The van der Waals surface area contributed by atoms with Gasteiger partial charge >= 0.3 is 0 Å². The fourth-order valence-corrected chi connectivity index (χ4v) is 1.85. The van der Waals surface area contributed by atoms with Crippen LogP contribution in [0.3, 0.4) is 0 Å². The van der Waals surface area contributed by atoms with Gasteiger partial charge in [-0.05, 0) is 31.7 Å². The van der Waals surface area contributed by atoms with E-state index in [2.05, 4.69) is 0 Å². The number of nitrogens with two attached hydrogens (primary N) is 1. The molecule has 0 aromatic rings. The molecule has 14 heavy (non-hydrogen) atoms. The van der Waals surface area contributed by atoms with E-state index >= 15 is 0 Å². The molecular weight excluding hydrogens is 178 g/mol. The van der Waals surface area contributed by atoms with Crippen LogP contribution in [0, 0.1) is 11.8 Å². The van der Waals surface area contributed by atoms with E-state index in [0.717, 1.165) is 38.9 Å².